The topological polar surface area (TPSA) is 40.6 Å². The molecule has 3 amide bonds. The van der Waals surface area contributed by atoms with Gasteiger partial charge in [0, 0.05) is 13.6 Å². The zero-order valence-corrected chi connectivity index (χ0v) is 7.12. The zero-order valence-electron chi connectivity index (χ0n) is 7.12. The summed E-state index contributed by atoms with van der Waals surface area (Å²) in [7, 11) is 1.62. The molecule has 1 heterocycles. The molecule has 0 bridgehead atoms. The lowest BCUT2D eigenvalue weighted by atomic mass is 10.4. The number of hydrogen-bond acceptors (Lipinski definition) is 2. The molecule has 0 radical (unpaired) electrons. The van der Waals surface area contributed by atoms with E-state index in [4.69, 9.17) is 0 Å². The molecule has 12 heavy (non-hydrogen) atoms. The Hall–Kier alpha value is -1.32. The van der Waals surface area contributed by atoms with Crippen LogP contribution in [0.15, 0.2) is 12.7 Å². The largest absolute Gasteiger partial charge is 0.326 e. The Balaban J connectivity index is 2.57. The van der Waals surface area contributed by atoms with E-state index < -0.39 is 0 Å². The van der Waals surface area contributed by atoms with Crippen molar-refractivity contribution >= 4 is 11.9 Å². The molecule has 4 heteroatoms. The first-order chi connectivity index (χ1) is 5.66. The summed E-state index contributed by atoms with van der Waals surface area (Å²) in [6.45, 7) is 4.18. The summed E-state index contributed by atoms with van der Waals surface area (Å²) in [6, 6.07) is -0.207. The maximum atomic E-state index is 11.2. The van der Waals surface area contributed by atoms with Crippen LogP contribution in [0.25, 0.3) is 0 Å². The van der Waals surface area contributed by atoms with Gasteiger partial charge in [-0.1, -0.05) is 6.08 Å². The Morgan fingerprint density at radius 3 is 2.67 bits per heavy atom. The van der Waals surface area contributed by atoms with E-state index in [1.165, 1.54) is 9.80 Å². The third-order valence-corrected chi connectivity index (χ3v) is 1.79. The highest BCUT2D eigenvalue weighted by atomic mass is 16.2. The Labute approximate surface area is 71.4 Å². The van der Waals surface area contributed by atoms with E-state index in [0.717, 1.165) is 0 Å². The molecule has 0 aromatic carbocycles. The molecule has 1 rings (SSSR count). The highest BCUT2D eigenvalue weighted by molar-refractivity contribution is 6.01. The maximum Gasteiger partial charge on any atom is 0.326 e. The lowest BCUT2D eigenvalue weighted by Crippen LogP contribution is -2.32. The van der Waals surface area contributed by atoms with Crippen LogP contribution in [0.2, 0.25) is 0 Å². The summed E-state index contributed by atoms with van der Waals surface area (Å²) in [4.78, 5) is 25.0. The number of rotatable bonds is 3. The molecule has 0 aromatic heterocycles. The number of urea groups is 1. The quantitative estimate of drug-likeness (QED) is 0.453. The fourth-order valence-corrected chi connectivity index (χ4v) is 1.11. The highest BCUT2D eigenvalue weighted by Gasteiger charge is 2.32. The second kappa shape index (κ2) is 3.38. The number of hydrogen-bond donors (Lipinski definition) is 0. The highest BCUT2D eigenvalue weighted by Crippen LogP contribution is 2.07. The summed E-state index contributed by atoms with van der Waals surface area (Å²) in [5, 5.41) is 0. The van der Waals surface area contributed by atoms with E-state index in [1.807, 2.05) is 0 Å². The van der Waals surface area contributed by atoms with Crippen molar-refractivity contribution < 1.29 is 9.59 Å². The Morgan fingerprint density at radius 1 is 1.58 bits per heavy atom. The third kappa shape index (κ3) is 1.47. The van der Waals surface area contributed by atoms with Gasteiger partial charge in [0.1, 0.15) is 6.54 Å². The van der Waals surface area contributed by atoms with Crippen LogP contribution in [-0.4, -0.2) is 41.9 Å². The number of amides is 3. The van der Waals surface area contributed by atoms with Crippen molar-refractivity contribution in [3.05, 3.63) is 12.7 Å². The Kier molecular flexibility index (Phi) is 2.47. The number of carbonyl (C=O) groups is 2. The summed E-state index contributed by atoms with van der Waals surface area (Å²) < 4.78 is 0. The summed E-state index contributed by atoms with van der Waals surface area (Å²) in [5.41, 5.74) is 0. The SMILES string of the molecule is C=CCCN1C(=O)CN(C)C1=O. The van der Waals surface area contributed by atoms with Crippen molar-refractivity contribution in [2.75, 3.05) is 20.1 Å². The number of nitrogens with zero attached hydrogens (tertiary/aromatic N) is 2. The molecule has 0 N–H and O–H groups in total. The van der Waals surface area contributed by atoms with Crippen LogP contribution < -0.4 is 0 Å². The van der Waals surface area contributed by atoms with Crippen molar-refractivity contribution in [2.45, 2.75) is 6.42 Å². The molecule has 1 fully saturated rings. The van der Waals surface area contributed by atoms with Crippen LogP contribution >= 0.6 is 0 Å². The van der Waals surface area contributed by atoms with Gasteiger partial charge in [-0.25, -0.2) is 4.79 Å². The van der Waals surface area contributed by atoms with Crippen molar-refractivity contribution in [3.63, 3.8) is 0 Å². The molecule has 66 valence electrons. The third-order valence-electron chi connectivity index (χ3n) is 1.79. The summed E-state index contributed by atoms with van der Waals surface area (Å²) in [6.07, 6.45) is 2.35. The first kappa shape index (κ1) is 8.77. The molecule has 0 saturated carbocycles. The van der Waals surface area contributed by atoms with Crippen LogP contribution in [0.1, 0.15) is 6.42 Å². The van der Waals surface area contributed by atoms with Gasteiger partial charge in [0.05, 0.1) is 0 Å². The molecule has 0 aliphatic carbocycles. The Bertz CT molecular complexity index is 225. The fourth-order valence-electron chi connectivity index (χ4n) is 1.11. The van der Waals surface area contributed by atoms with E-state index >= 15 is 0 Å². The second-order valence-electron chi connectivity index (χ2n) is 2.76. The predicted octanol–water partition coefficient (Wildman–Crippen LogP) is 0.457. The summed E-state index contributed by atoms with van der Waals surface area (Å²) >= 11 is 0. The van der Waals surface area contributed by atoms with Gasteiger partial charge in [0.2, 0.25) is 5.91 Å². The van der Waals surface area contributed by atoms with Crippen LogP contribution in [0.3, 0.4) is 0 Å². The standard InChI is InChI=1S/C8H12N2O2/c1-3-4-5-10-7(11)6-9(2)8(10)12/h3H,1,4-6H2,2H3. The monoisotopic (exact) mass is 168 g/mol. The molecule has 0 spiro atoms. The van der Waals surface area contributed by atoms with Gasteiger partial charge in [0.15, 0.2) is 0 Å². The van der Waals surface area contributed by atoms with Crippen molar-refractivity contribution in [2.24, 2.45) is 0 Å². The van der Waals surface area contributed by atoms with E-state index in [9.17, 15) is 9.59 Å². The van der Waals surface area contributed by atoms with Gasteiger partial charge >= 0.3 is 6.03 Å². The molecule has 1 aliphatic rings. The number of imide groups is 1. The van der Waals surface area contributed by atoms with Crippen molar-refractivity contribution in [1.29, 1.82) is 0 Å². The molecule has 0 aromatic rings. The average Bonchev–Trinajstić information content (AvgIpc) is 2.25. The van der Waals surface area contributed by atoms with Crippen molar-refractivity contribution in [1.82, 2.24) is 9.80 Å². The lowest BCUT2D eigenvalue weighted by molar-refractivity contribution is -0.125. The van der Waals surface area contributed by atoms with E-state index in [0.29, 0.717) is 13.0 Å². The number of likely N-dealkylation sites (N-methyl/N-ethyl adjacent to an activating group) is 1. The molecule has 4 nitrogen and oxygen atoms in total. The van der Waals surface area contributed by atoms with Crippen LogP contribution in [-0.2, 0) is 4.79 Å². The van der Waals surface area contributed by atoms with Gasteiger partial charge in [-0.3, -0.25) is 9.69 Å². The fraction of sp³-hybridized carbons (Fsp3) is 0.500. The molecular weight excluding hydrogens is 156 g/mol. The van der Waals surface area contributed by atoms with Crippen LogP contribution in [0, 0.1) is 0 Å². The van der Waals surface area contributed by atoms with E-state index in [-0.39, 0.29) is 18.5 Å². The normalized spacial score (nSPS) is 17.4. The molecular formula is C8H12N2O2. The van der Waals surface area contributed by atoms with E-state index in [2.05, 4.69) is 6.58 Å². The lowest BCUT2D eigenvalue weighted by Gasteiger charge is -2.11. The Morgan fingerprint density at radius 2 is 2.25 bits per heavy atom. The van der Waals surface area contributed by atoms with Crippen LogP contribution in [0.5, 0.6) is 0 Å². The van der Waals surface area contributed by atoms with Gasteiger partial charge in [-0.05, 0) is 6.42 Å². The maximum absolute atomic E-state index is 11.2. The molecule has 1 aliphatic heterocycles. The van der Waals surface area contributed by atoms with Gasteiger partial charge in [-0.2, -0.15) is 0 Å². The molecule has 0 unspecified atom stereocenters. The first-order valence-corrected chi connectivity index (χ1v) is 3.83. The average molecular weight is 168 g/mol. The first-order valence-electron chi connectivity index (χ1n) is 3.83. The van der Waals surface area contributed by atoms with Crippen LogP contribution in [0.4, 0.5) is 4.79 Å². The second-order valence-corrected chi connectivity index (χ2v) is 2.76. The molecule has 1 saturated heterocycles. The van der Waals surface area contributed by atoms with Crippen molar-refractivity contribution in [3.8, 4) is 0 Å². The predicted molar refractivity (Wildman–Crippen MR) is 44.6 cm³/mol. The van der Waals surface area contributed by atoms with E-state index in [1.54, 1.807) is 13.1 Å². The number of carbonyl (C=O) groups excluding carboxylic acids is 2. The smallest absolute Gasteiger partial charge is 0.318 e. The minimum Gasteiger partial charge on any atom is -0.318 e. The summed E-state index contributed by atoms with van der Waals surface area (Å²) in [5.74, 6) is -0.121. The zero-order chi connectivity index (χ0) is 9.14. The van der Waals surface area contributed by atoms with Gasteiger partial charge in [0.25, 0.3) is 0 Å². The minimum absolute atomic E-state index is 0.121. The minimum atomic E-state index is -0.207. The molecule has 0 atom stereocenters. The van der Waals surface area contributed by atoms with Gasteiger partial charge < -0.3 is 4.90 Å². The van der Waals surface area contributed by atoms with Gasteiger partial charge in [-0.15, -0.1) is 6.58 Å².